The Morgan fingerprint density at radius 1 is 1.42 bits per heavy atom. The minimum atomic E-state index is -1.18. The van der Waals surface area contributed by atoms with E-state index >= 15 is 0 Å². The van der Waals surface area contributed by atoms with Crippen LogP contribution in [0.2, 0.25) is 0 Å². The summed E-state index contributed by atoms with van der Waals surface area (Å²) in [6, 6.07) is 0. The van der Waals surface area contributed by atoms with Gasteiger partial charge in [-0.25, -0.2) is 0 Å². The number of allylic oxidation sites excluding steroid dienone is 1. The van der Waals surface area contributed by atoms with Crippen molar-refractivity contribution in [3.8, 4) is 0 Å². The number of carboxylic acids is 1. The molecule has 5 heteroatoms. The zero-order chi connectivity index (χ0) is 17.1. The zero-order valence-electron chi connectivity index (χ0n) is 13.7. The van der Waals surface area contributed by atoms with Crippen LogP contribution in [0.25, 0.3) is 0 Å². The van der Waals surface area contributed by atoms with Gasteiger partial charge in [0, 0.05) is 11.8 Å². The van der Waals surface area contributed by atoms with Crippen LogP contribution in [0.15, 0.2) is 24.3 Å². The van der Waals surface area contributed by atoms with Crippen molar-refractivity contribution >= 4 is 11.9 Å². The van der Waals surface area contributed by atoms with Crippen molar-refractivity contribution in [1.82, 2.24) is 0 Å². The Hall–Kier alpha value is -1.62. The highest BCUT2D eigenvalue weighted by atomic mass is 16.6. The Morgan fingerprint density at radius 2 is 2.17 bits per heavy atom. The van der Waals surface area contributed by atoms with Crippen LogP contribution in [-0.2, 0) is 14.3 Å². The lowest BCUT2D eigenvalue weighted by Crippen LogP contribution is -2.50. The second kappa shape index (κ2) is 3.96. The lowest BCUT2D eigenvalue weighted by Gasteiger charge is -2.42. The van der Waals surface area contributed by atoms with Crippen LogP contribution in [0.5, 0.6) is 0 Å². The molecule has 4 bridgehead atoms. The first-order valence-electron chi connectivity index (χ1n) is 8.79. The van der Waals surface area contributed by atoms with Gasteiger partial charge in [-0.3, -0.25) is 9.59 Å². The molecule has 3 saturated carbocycles. The van der Waals surface area contributed by atoms with Crippen molar-refractivity contribution in [3.63, 3.8) is 0 Å². The van der Waals surface area contributed by atoms with Crippen LogP contribution < -0.4 is 0 Å². The smallest absolute Gasteiger partial charge is 0.316 e. The molecule has 1 heterocycles. The molecule has 1 unspecified atom stereocenters. The van der Waals surface area contributed by atoms with E-state index in [2.05, 4.69) is 6.58 Å². The van der Waals surface area contributed by atoms with Gasteiger partial charge >= 0.3 is 11.9 Å². The predicted molar refractivity (Wildman–Crippen MR) is 83.7 cm³/mol. The molecule has 5 nitrogen and oxygen atoms in total. The molecule has 8 atom stereocenters. The number of fused-ring (bicyclic) bond motifs is 1. The second-order valence-electron chi connectivity index (χ2n) is 8.72. The summed E-state index contributed by atoms with van der Waals surface area (Å²) in [5, 5.41) is 20.7. The first-order chi connectivity index (χ1) is 11.3. The highest BCUT2D eigenvalue weighted by Crippen LogP contribution is 2.76. The van der Waals surface area contributed by atoms with Crippen molar-refractivity contribution in [2.75, 3.05) is 0 Å². The molecule has 24 heavy (non-hydrogen) atoms. The van der Waals surface area contributed by atoms with E-state index in [0.717, 1.165) is 24.8 Å². The summed E-state index contributed by atoms with van der Waals surface area (Å²) >= 11 is 0. The zero-order valence-corrected chi connectivity index (χ0v) is 13.7. The number of ether oxygens (including phenoxy) is 1. The summed E-state index contributed by atoms with van der Waals surface area (Å²) in [5.41, 5.74) is -1.30. The van der Waals surface area contributed by atoms with E-state index in [4.69, 9.17) is 4.74 Å². The molecule has 0 aromatic heterocycles. The molecule has 4 aliphatic carbocycles. The summed E-state index contributed by atoms with van der Waals surface area (Å²) in [4.78, 5) is 25.0. The molecule has 0 aromatic carbocycles. The second-order valence-corrected chi connectivity index (χ2v) is 8.72. The van der Waals surface area contributed by atoms with Gasteiger partial charge in [0.15, 0.2) is 0 Å². The van der Waals surface area contributed by atoms with Crippen molar-refractivity contribution < 1.29 is 24.5 Å². The normalized spacial score (nSPS) is 56.8. The Kier molecular flexibility index (Phi) is 2.42. The number of esters is 1. The molecule has 0 amide bonds. The predicted octanol–water partition coefficient (Wildman–Crippen LogP) is 1.91. The number of rotatable bonds is 1. The lowest BCUT2D eigenvalue weighted by molar-refractivity contribution is -0.161. The van der Waals surface area contributed by atoms with Crippen molar-refractivity contribution in [3.05, 3.63) is 24.3 Å². The van der Waals surface area contributed by atoms with Crippen LogP contribution in [-0.4, -0.2) is 33.9 Å². The monoisotopic (exact) mass is 330 g/mol. The van der Waals surface area contributed by atoms with Gasteiger partial charge in [-0.15, -0.1) is 0 Å². The van der Waals surface area contributed by atoms with Gasteiger partial charge in [-0.1, -0.05) is 18.2 Å². The van der Waals surface area contributed by atoms with Crippen molar-refractivity contribution in [2.45, 2.75) is 44.3 Å². The summed E-state index contributed by atoms with van der Waals surface area (Å²) in [6.45, 7) is 5.88. The average molecular weight is 330 g/mol. The maximum absolute atomic E-state index is 12.7. The minimum absolute atomic E-state index is 0.00104. The lowest BCUT2D eigenvalue weighted by atomic mass is 9.61. The van der Waals surface area contributed by atoms with Crippen molar-refractivity contribution in [2.24, 2.45) is 34.5 Å². The van der Waals surface area contributed by atoms with Gasteiger partial charge in [-0.05, 0) is 50.0 Å². The summed E-state index contributed by atoms with van der Waals surface area (Å²) in [7, 11) is 0. The highest BCUT2D eigenvalue weighted by molar-refractivity contribution is 5.86. The van der Waals surface area contributed by atoms with Gasteiger partial charge in [0.05, 0.1) is 12.0 Å². The number of hydrogen-bond donors (Lipinski definition) is 2. The molecule has 0 aromatic rings. The number of hydrogen-bond acceptors (Lipinski definition) is 4. The minimum Gasteiger partial charge on any atom is -0.481 e. The molecule has 0 radical (unpaired) electrons. The Morgan fingerprint density at radius 3 is 2.88 bits per heavy atom. The largest absolute Gasteiger partial charge is 0.481 e. The average Bonchev–Trinajstić information content (AvgIpc) is 2.98. The standard InChI is InChI=1S/C19H22O5/c1-9-7-18-8-10(9)3-4-11(18)19-6-5-12(20)17(2,16(23)24-19)14(19)13(18)15(21)22/h5-6,10-14,20H,1,3-4,7-8H2,2H3,(H,21,22)/t10?,11-,12+,13-,14-,17-,18+,19-/m1/s1. The van der Waals surface area contributed by atoms with E-state index in [1.807, 2.05) is 6.08 Å². The molecule has 1 spiro atoms. The van der Waals surface area contributed by atoms with E-state index in [1.54, 1.807) is 13.0 Å². The maximum Gasteiger partial charge on any atom is 0.316 e. The summed E-state index contributed by atoms with van der Waals surface area (Å²) in [6.07, 6.45) is 5.83. The Bertz CT molecular complexity index is 725. The Balaban J connectivity index is 1.78. The Labute approximate surface area is 140 Å². The molecular formula is C19H22O5. The number of carboxylic acid groups (broad SMARTS) is 1. The first-order valence-corrected chi connectivity index (χ1v) is 8.79. The fourth-order valence-corrected chi connectivity index (χ4v) is 7.14. The molecular weight excluding hydrogens is 308 g/mol. The first kappa shape index (κ1) is 14.7. The maximum atomic E-state index is 12.7. The topological polar surface area (TPSA) is 83.8 Å². The fourth-order valence-electron chi connectivity index (χ4n) is 7.14. The number of aliphatic carboxylic acids is 1. The van der Waals surface area contributed by atoms with Gasteiger partial charge in [-0.2, -0.15) is 0 Å². The molecule has 5 aliphatic rings. The van der Waals surface area contributed by atoms with E-state index in [0.29, 0.717) is 12.3 Å². The molecule has 1 saturated heterocycles. The van der Waals surface area contributed by atoms with Gasteiger partial charge in [0.2, 0.25) is 0 Å². The molecule has 1 aliphatic heterocycles. The van der Waals surface area contributed by atoms with Crippen LogP contribution >= 0.6 is 0 Å². The number of aliphatic hydroxyl groups is 1. The van der Waals surface area contributed by atoms with E-state index in [1.165, 1.54) is 0 Å². The third-order valence-electron chi connectivity index (χ3n) is 8.02. The van der Waals surface area contributed by atoms with E-state index in [9.17, 15) is 19.8 Å². The van der Waals surface area contributed by atoms with Gasteiger partial charge in [0.1, 0.15) is 11.0 Å². The highest BCUT2D eigenvalue weighted by Gasteiger charge is 2.82. The van der Waals surface area contributed by atoms with Crippen molar-refractivity contribution in [1.29, 1.82) is 0 Å². The quantitative estimate of drug-likeness (QED) is 0.567. The third-order valence-corrected chi connectivity index (χ3v) is 8.02. The van der Waals surface area contributed by atoms with Gasteiger partial charge < -0.3 is 14.9 Å². The summed E-state index contributed by atoms with van der Waals surface area (Å²) in [5.74, 6) is -2.12. The van der Waals surface area contributed by atoms with Crippen LogP contribution in [0.3, 0.4) is 0 Å². The van der Waals surface area contributed by atoms with E-state index < -0.39 is 46.3 Å². The fraction of sp³-hybridized carbons (Fsp3) is 0.684. The molecule has 128 valence electrons. The van der Waals surface area contributed by atoms with E-state index in [-0.39, 0.29) is 5.92 Å². The SMILES string of the molecule is C=C1C[C@]23CC1CC[C@H]2[C@@]12C=C[C@H](O)[C@@](C)(C(=O)O1)[C@H]2[C@@H]3C(=O)O. The van der Waals surface area contributed by atoms with Crippen LogP contribution in [0, 0.1) is 34.5 Å². The number of aliphatic hydroxyl groups excluding tert-OH is 1. The van der Waals surface area contributed by atoms with Crippen LogP contribution in [0.1, 0.15) is 32.6 Å². The third kappa shape index (κ3) is 1.25. The molecule has 2 N–H and O–H groups in total. The number of carbonyl (C=O) groups excluding carboxylic acids is 1. The van der Waals surface area contributed by atoms with Gasteiger partial charge in [0.25, 0.3) is 0 Å². The summed E-state index contributed by atoms with van der Waals surface area (Å²) < 4.78 is 5.92. The number of carbonyl (C=O) groups is 2. The molecule has 4 fully saturated rings. The molecule has 5 rings (SSSR count). The van der Waals surface area contributed by atoms with Crippen LogP contribution in [0.4, 0.5) is 0 Å².